The molecule has 1 unspecified atom stereocenters. The lowest BCUT2D eigenvalue weighted by Gasteiger charge is -2.09. The highest BCUT2D eigenvalue weighted by molar-refractivity contribution is 9.09. The minimum atomic E-state index is -0.533. The summed E-state index contributed by atoms with van der Waals surface area (Å²) in [7, 11) is 1.50. The van der Waals surface area contributed by atoms with Crippen LogP contribution in [0.15, 0.2) is 12.3 Å². The average molecular weight is 195 g/mol. The molecule has 0 saturated carbocycles. The molecule has 0 heterocycles. The van der Waals surface area contributed by atoms with E-state index in [2.05, 4.69) is 22.5 Å². The maximum Gasteiger partial charge on any atom is 0.117 e. The first kappa shape index (κ1) is 8.98. The van der Waals surface area contributed by atoms with E-state index in [-0.39, 0.29) is 0 Å². The van der Waals surface area contributed by atoms with Crippen molar-refractivity contribution in [2.24, 2.45) is 0 Å². The van der Waals surface area contributed by atoms with Gasteiger partial charge >= 0.3 is 0 Å². The molecule has 9 heavy (non-hydrogen) atoms. The summed E-state index contributed by atoms with van der Waals surface area (Å²) in [6, 6.07) is 0. The minimum Gasteiger partial charge on any atom is -0.499 e. The van der Waals surface area contributed by atoms with Gasteiger partial charge in [0.05, 0.1) is 7.11 Å². The molecule has 0 amide bonds. The fourth-order valence-corrected chi connectivity index (χ4v) is 0.834. The number of methoxy groups -OCH3 is 1. The second kappa shape index (κ2) is 4.82. The summed E-state index contributed by atoms with van der Waals surface area (Å²) in [6.07, 6.45) is 0.113. The zero-order chi connectivity index (χ0) is 7.28. The highest BCUT2D eigenvalue weighted by atomic mass is 79.9. The fraction of sp³-hybridized carbons (Fsp3) is 0.667. The Balaban J connectivity index is 3.45. The van der Waals surface area contributed by atoms with Crippen LogP contribution in [0.5, 0.6) is 0 Å². The molecule has 0 aliphatic heterocycles. The summed E-state index contributed by atoms with van der Waals surface area (Å²) in [6.45, 7) is 3.50. The Morgan fingerprint density at radius 2 is 2.44 bits per heavy atom. The van der Waals surface area contributed by atoms with Gasteiger partial charge in [-0.15, -0.1) is 0 Å². The zero-order valence-electron chi connectivity index (χ0n) is 5.43. The van der Waals surface area contributed by atoms with Gasteiger partial charge in [0.1, 0.15) is 11.9 Å². The molecule has 0 bridgehead atoms. The Hall–Kier alpha value is -0.0200. The van der Waals surface area contributed by atoms with Gasteiger partial charge in [-0.1, -0.05) is 22.5 Å². The Labute approximate surface area is 63.6 Å². The van der Waals surface area contributed by atoms with Crippen LogP contribution in [-0.2, 0) is 4.74 Å². The lowest BCUT2D eigenvalue weighted by molar-refractivity contribution is 0.127. The van der Waals surface area contributed by atoms with Crippen LogP contribution in [0, 0.1) is 0 Å². The van der Waals surface area contributed by atoms with Crippen LogP contribution in [0.25, 0.3) is 0 Å². The van der Waals surface area contributed by atoms with Crippen molar-refractivity contribution < 1.29 is 9.84 Å². The van der Waals surface area contributed by atoms with Crippen LogP contribution in [0.3, 0.4) is 0 Å². The van der Waals surface area contributed by atoms with Gasteiger partial charge < -0.3 is 9.84 Å². The summed E-state index contributed by atoms with van der Waals surface area (Å²) >= 11 is 3.19. The van der Waals surface area contributed by atoms with Crippen molar-refractivity contribution >= 4 is 15.9 Å². The molecule has 54 valence electrons. The molecule has 1 N–H and O–H groups in total. The smallest absolute Gasteiger partial charge is 0.117 e. The maximum atomic E-state index is 9.06. The number of ether oxygens (including phenoxy) is 1. The van der Waals surface area contributed by atoms with Crippen molar-refractivity contribution in [3.05, 3.63) is 12.3 Å². The molecule has 0 aliphatic carbocycles. The maximum absolute atomic E-state index is 9.06. The monoisotopic (exact) mass is 194 g/mol. The van der Waals surface area contributed by atoms with Gasteiger partial charge in [-0.05, 0) is 6.42 Å². The predicted molar refractivity (Wildman–Crippen MR) is 40.6 cm³/mol. The second-order valence-corrected chi connectivity index (χ2v) is 2.46. The van der Waals surface area contributed by atoms with E-state index in [1.165, 1.54) is 7.11 Å². The first-order valence-electron chi connectivity index (χ1n) is 2.69. The molecule has 0 radical (unpaired) electrons. The summed E-state index contributed by atoms with van der Waals surface area (Å²) in [4.78, 5) is 0. The van der Waals surface area contributed by atoms with Crippen LogP contribution >= 0.6 is 15.9 Å². The third-order valence-corrected chi connectivity index (χ3v) is 1.47. The largest absolute Gasteiger partial charge is 0.499 e. The van der Waals surface area contributed by atoms with Gasteiger partial charge in [0, 0.05) is 5.33 Å². The fourth-order valence-electron chi connectivity index (χ4n) is 0.400. The molecular formula is C6H11BrO2. The van der Waals surface area contributed by atoms with Crippen molar-refractivity contribution in [2.45, 2.75) is 12.5 Å². The van der Waals surface area contributed by atoms with Crippen LogP contribution in [0.1, 0.15) is 6.42 Å². The van der Waals surface area contributed by atoms with Crippen LogP contribution < -0.4 is 0 Å². The summed E-state index contributed by atoms with van der Waals surface area (Å²) in [5.41, 5.74) is 0. The summed E-state index contributed by atoms with van der Waals surface area (Å²) in [5.74, 6) is 0.425. The average Bonchev–Trinajstić information content (AvgIpc) is 1.87. The molecule has 0 aromatic heterocycles. The standard InChI is InChI=1S/C6H11BrO2/c1-5(9-2)6(8)3-4-7/h6,8H,1,3-4H2,2H3. The molecule has 3 heteroatoms. The molecule has 0 spiro atoms. The number of hydrogen-bond donors (Lipinski definition) is 1. The molecule has 0 aromatic rings. The molecule has 0 aliphatic rings. The molecule has 1 atom stereocenters. The molecule has 0 aromatic carbocycles. The van der Waals surface area contributed by atoms with Crippen molar-refractivity contribution in [1.82, 2.24) is 0 Å². The van der Waals surface area contributed by atoms with E-state index in [4.69, 9.17) is 9.84 Å². The van der Waals surface area contributed by atoms with E-state index >= 15 is 0 Å². The van der Waals surface area contributed by atoms with E-state index in [1.807, 2.05) is 0 Å². The predicted octanol–water partition coefficient (Wildman–Crippen LogP) is 1.29. The van der Waals surface area contributed by atoms with Gasteiger partial charge in [0.2, 0.25) is 0 Å². The highest BCUT2D eigenvalue weighted by Crippen LogP contribution is 2.05. The van der Waals surface area contributed by atoms with Crippen molar-refractivity contribution in [1.29, 1.82) is 0 Å². The number of rotatable bonds is 4. The third kappa shape index (κ3) is 3.54. The topological polar surface area (TPSA) is 29.5 Å². The molecule has 0 rings (SSSR count). The minimum absolute atomic E-state index is 0.425. The number of hydrogen-bond acceptors (Lipinski definition) is 2. The number of halogens is 1. The molecule has 0 saturated heterocycles. The lowest BCUT2D eigenvalue weighted by Crippen LogP contribution is -2.10. The Morgan fingerprint density at radius 3 is 2.78 bits per heavy atom. The lowest BCUT2D eigenvalue weighted by atomic mass is 10.2. The SMILES string of the molecule is C=C(OC)C(O)CCBr. The van der Waals surface area contributed by atoms with Crippen LogP contribution in [-0.4, -0.2) is 23.7 Å². The Morgan fingerprint density at radius 1 is 1.89 bits per heavy atom. The van der Waals surface area contributed by atoms with Crippen molar-refractivity contribution in [3.63, 3.8) is 0 Å². The third-order valence-electron chi connectivity index (χ3n) is 1.02. The van der Waals surface area contributed by atoms with E-state index in [0.717, 1.165) is 5.33 Å². The van der Waals surface area contributed by atoms with Crippen LogP contribution in [0.4, 0.5) is 0 Å². The number of aliphatic hydroxyl groups is 1. The normalized spacial score (nSPS) is 12.8. The van der Waals surface area contributed by atoms with Gasteiger partial charge in [0.25, 0.3) is 0 Å². The van der Waals surface area contributed by atoms with Crippen molar-refractivity contribution in [3.8, 4) is 0 Å². The quantitative estimate of drug-likeness (QED) is 0.541. The number of alkyl halides is 1. The van der Waals surface area contributed by atoms with Gasteiger partial charge in [-0.3, -0.25) is 0 Å². The zero-order valence-corrected chi connectivity index (χ0v) is 7.02. The van der Waals surface area contributed by atoms with Crippen molar-refractivity contribution in [2.75, 3.05) is 12.4 Å². The van der Waals surface area contributed by atoms with E-state index in [1.54, 1.807) is 0 Å². The van der Waals surface area contributed by atoms with Gasteiger partial charge in [0.15, 0.2) is 0 Å². The van der Waals surface area contributed by atoms with Gasteiger partial charge in [-0.25, -0.2) is 0 Å². The van der Waals surface area contributed by atoms with E-state index in [9.17, 15) is 0 Å². The number of aliphatic hydroxyl groups excluding tert-OH is 1. The highest BCUT2D eigenvalue weighted by Gasteiger charge is 2.05. The van der Waals surface area contributed by atoms with E-state index in [0.29, 0.717) is 12.2 Å². The molecule has 0 fully saturated rings. The van der Waals surface area contributed by atoms with E-state index < -0.39 is 6.10 Å². The summed E-state index contributed by atoms with van der Waals surface area (Å²) in [5, 5.41) is 9.82. The molecular weight excluding hydrogens is 184 g/mol. The van der Waals surface area contributed by atoms with Gasteiger partial charge in [-0.2, -0.15) is 0 Å². The second-order valence-electron chi connectivity index (χ2n) is 1.66. The molecule has 2 nitrogen and oxygen atoms in total. The summed E-state index contributed by atoms with van der Waals surface area (Å²) < 4.78 is 4.70. The van der Waals surface area contributed by atoms with Crippen LogP contribution in [0.2, 0.25) is 0 Å². The first-order valence-corrected chi connectivity index (χ1v) is 3.81. The first-order chi connectivity index (χ1) is 4.22. The Kier molecular flexibility index (Phi) is 4.81. The Bertz CT molecular complexity index is 93.1.